The first-order valence-electron chi connectivity index (χ1n) is 5.16. The molecular weight excluding hydrogens is 207 g/mol. The summed E-state index contributed by atoms with van der Waals surface area (Å²) in [6, 6.07) is 4.65. The van der Waals surface area contributed by atoms with Crippen LogP contribution < -0.4 is 5.32 Å². The van der Waals surface area contributed by atoms with Crippen molar-refractivity contribution in [2.75, 3.05) is 20.6 Å². The molecule has 1 amide bonds. The van der Waals surface area contributed by atoms with Crippen LogP contribution in [0.1, 0.15) is 11.1 Å². The minimum Gasteiger partial charge on any atom is -0.348 e. The third-order valence-electron chi connectivity index (χ3n) is 2.40. The van der Waals surface area contributed by atoms with Gasteiger partial charge < -0.3 is 10.2 Å². The van der Waals surface area contributed by atoms with E-state index in [1.165, 1.54) is 17.0 Å². The van der Waals surface area contributed by atoms with Gasteiger partial charge in [-0.25, -0.2) is 4.39 Å². The standard InChI is InChI=1S/C12H17FN2O/c1-9-6-11(13)5-4-10(9)7-14-8-12(16)15(2)3/h4-6,14H,7-8H2,1-3H3. The molecule has 0 saturated heterocycles. The fourth-order valence-corrected chi connectivity index (χ4v) is 1.32. The van der Waals surface area contributed by atoms with E-state index in [4.69, 9.17) is 0 Å². The van der Waals surface area contributed by atoms with Crippen molar-refractivity contribution in [3.8, 4) is 0 Å². The molecule has 0 radical (unpaired) electrons. The molecule has 4 heteroatoms. The summed E-state index contributed by atoms with van der Waals surface area (Å²) in [5, 5.41) is 3.03. The number of aryl methyl sites for hydroxylation is 1. The molecule has 0 spiro atoms. The summed E-state index contributed by atoms with van der Waals surface area (Å²) in [5.74, 6) is -0.203. The summed E-state index contributed by atoms with van der Waals surface area (Å²) >= 11 is 0. The maximum absolute atomic E-state index is 12.8. The molecule has 1 rings (SSSR count). The lowest BCUT2D eigenvalue weighted by molar-refractivity contribution is -0.127. The molecule has 0 atom stereocenters. The number of nitrogens with zero attached hydrogens (tertiary/aromatic N) is 1. The fourth-order valence-electron chi connectivity index (χ4n) is 1.32. The fraction of sp³-hybridized carbons (Fsp3) is 0.417. The Balaban J connectivity index is 2.46. The largest absolute Gasteiger partial charge is 0.348 e. The number of hydrogen-bond acceptors (Lipinski definition) is 2. The minimum absolute atomic E-state index is 0.0276. The molecule has 1 aromatic rings. The molecule has 88 valence electrons. The molecule has 1 aromatic carbocycles. The Morgan fingerprint density at radius 1 is 1.44 bits per heavy atom. The van der Waals surface area contributed by atoms with Crippen LogP contribution in [0.4, 0.5) is 4.39 Å². The highest BCUT2D eigenvalue weighted by atomic mass is 19.1. The van der Waals surface area contributed by atoms with E-state index in [1.807, 2.05) is 6.92 Å². The zero-order valence-electron chi connectivity index (χ0n) is 9.88. The SMILES string of the molecule is Cc1cc(F)ccc1CNCC(=O)N(C)C. The van der Waals surface area contributed by atoms with Crippen molar-refractivity contribution >= 4 is 5.91 Å². The van der Waals surface area contributed by atoms with Crippen LogP contribution >= 0.6 is 0 Å². The van der Waals surface area contributed by atoms with Crippen molar-refractivity contribution in [3.05, 3.63) is 35.1 Å². The summed E-state index contributed by atoms with van der Waals surface area (Å²) in [4.78, 5) is 12.8. The van der Waals surface area contributed by atoms with Gasteiger partial charge in [-0.1, -0.05) is 6.07 Å². The molecule has 0 heterocycles. The van der Waals surface area contributed by atoms with E-state index >= 15 is 0 Å². The third kappa shape index (κ3) is 3.62. The Labute approximate surface area is 95.3 Å². The Hall–Kier alpha value is -1.42. The van der Waals surface area contributed by atoms with Crippen LogP contribution in [0, 0.1) is 12.7 Å². The Morgan fingerprint density at radius 2 is 2.12 bits per heavy atom. The van der Waals surface area contributed by atoms with Gasteiger partial charge in [-0.05, 0) is 30.2 Å². The van der Waals surface area contributed by atoms with Gasteiger partial charge in [0.2, 0.25) is 5.91 Å². The van der Waals surface area contributed by atoms with Gasteiger partial charge in [-0.15, -0.1) is 0 Å². The van der Waals surface area contributed by atoms with Gasteiger partial charge in [0.15, 0.2) is 0 Å². The lowest BCUT2D eigenvalue weighted by Gasteiger charge is -2.11. The molecule has 0 aliphatic rings. The highest BCUT2D eigenvalue weighted by molar-refractivity contribution is 5.77. The Kier molecular flexibility index (Phi) is 4.43. The molecular formula is C12H17FN2O. The van der Waals surface area contributed by atoms with Gasteiger partial charge in [0.1, 0.15) is 5.82 Å². The van der Waals surface area contributed by atoms with E-state index in [-0.39, 0.29) is 11.7 Å². The second-order valence-electron chi connectivity index (χ2n) is 3.96. The van der Waals surface area contributed by atoms with Crippen molar-refractivity contribution in [2.45, 2.75) is 13.5 Å². The van der Waals surface area contributed by atoms with Crippen LogP contribution in [0.3, 0.4) is 0 Å². The average Bonchev–Trinajstić information content (AvgIpc) is 2.20. The minimum atomic E-state index is -0.231. The summed E-state index contributed by atoms with van der Waals surface area (Å²) in [7, 11) is 3.43. The molecule has 0 fully saturated rings. The van der Waals surface area contributed by atoms with Crippen LogP contribution in [0.5, 0.6) is 0 Å². The quantitative estimate of drug-likeness (QED) is 0.836. The molecule has 0 aromatic heterocycles. The first-order valence-corrected chi connectivity index (χ1v) is 5.16. The van der Waals surface area contributed by atoms with E-state index in [0.717, 1.165) is 11.1 Å². The predicted octanol–water partition coefficient (Wildman–Crippen LogP) is 1.31. The van der Waals surface area contributed by atoms with E-state index < -0.39 is 0 Å². The maximum Gasteiger partial charge on any atom is 0.236 e. The second kappa shape index (κ2) is 5.61. The highest BCUT2D eigenvalue weighted by Crippen LogP contribution is 2.09. The number of carbonyl (C=O) groups is 1. The van der Waals surface area contributed by atoms with E-state index in [1.54, 1.807) is 20.2 Å². The lowest BCUT2D eigenvalue weighted by atomic mass is 10.1. The molecule has 16 heavy (non-hydrogen) atoms. The summed E-state index contributed by atoms with van der Waals surface area (Å²) < 4.78 is 12.8. The number of likely N-dealkylation sites (N-methyl/N-ethyl adjacent to an activating group) is 1. The van der Waals surface area contributed by atoms with Gasteiger partial charge in [-0.3, -0.25) is 4.79 Å². The van der Waals surface area contributed by atoms with Crippen LogP contribution in [0.25, 0.3) is 0 Å². The summed E-state index contributed by atoms with van der Waals surface area (Å²) in [5.41, 5.74) is 1.90. The van der Waals surface area contributed by atoms with Crippen molar-refractivity contribution < 1.29 is 9.18 Å². The van der Waals surface area contributed by atoms with Crippen LogP contribution in [0.15, 0.2) is 18.2 Å². The van der Waals surface area contributed by atoms with E-state index in [9.17, 15) is 9.18 Å². The van der Waals surface area contributed by atoms with Gasteiger partial charge in [0, 0.05) is 20.6 Å². The molecule has 1 N–H and O–H groups in total. The van der Waals surface area contributed by atoms with Crippen LogP contribution in [-0.2, 0) is 11.3 Å². The molecule has 0 saturated carbocycles. The number of rotatable bonds is 4. The zero-order chi connectivity index (χ0) is 12.1. The number of nitrogens with one attached hydrogen (secondary N) is 1. The van der Waals surface area contributed by atoms with E-state index in [0.29, 0.717) is 13.1 Å². The topological polar surface area (TPSA) is 32.3 Å². The number of amides is 1. The van der Waals surface area contributed by atoms with Crippen LogP contribution in [0.2, 0.25) is 0 Å². The number of carbonyl (C=O) groups excluding carboxylic acids is 1. The Bertz CT molecular complexity index is 377. The first kappa shape index (κ1) is 12.6. The second-order valence-corrected chi connectivity index (χ2v) is 3.96. The number of halogens is 1. The summed E-state index contributed by atoms with van der Waals surface area (Å²) in [6.45, 7) is 2.73. The third-order valence-corrected chi connectivity index (χ3v) is 2.40. The normalized spacial score (nSPS) is 10.2. The van der Waals surface area contributed by atoms with Gasteiger partial charge >= 0.3 is 0 Å². The van der Waals surface area contributed by atoms with Crippen molar-refractivity contribution in [2.24, 2.45) is 0 Å². The van der Waals surface area contributed by atoms with Crippen LogP contribution in [-0.4, -0.2) is 31.4 Å². The molecule has 3 nitrogen and oxygen atoms in total. The number of benzene rings is 1. The number of hydrogen-bond donors (Lipinski definition) is 1. The average molecular weight is 224 g/mol. The summed E-state index contributed by atoms with van der Waals surface area (Å²) in [6.07, 6.45) is 0. The Morgan fingerprint density at radius 3 is 2.69 bits per heavy atom. The van der Waals surface area contributed by atoms with Gasteiger partial charge in [0.25, 0.3) is 0 Å². The smallest absolute Gasteiger partial charge is 0.236 e. The van der Waals surface area contributed by atoms with E-state index in [2.05, 4.69) is 5.32 Å². The molecule has 0 unspecified atom stereocenters. The highest BCUT2D eigenvalue weighted by Gasteiger charge is 2.04. The predicted molar refractivity (Wildman–Crippen MR) is 61.5 cm³/mol. The van der Waals surface area contributed by atoms with Crippen molar-refractivity contribution in [3.63, 3.8) is 0 Å². The van der Waals surface area contributed by atoms with Gasteiger partial charge in [0.05, 0.1) is 6.54 Å². The first-order chi connectivity index (χ1) is 7.50. The molecule has 0 aliphatic heterocycles. The van der Waals surface area contributed by atoms with Gasteiger partial charge in [-0.2, -0.15) is 0 Å². The maximum atomic E-state index is 12.8. The monoisotopic (exact) mass is 224 g/mol. The molecule has 0 aliphatic carbocycles. The lowest BCUT2D eigenvalue weighted by Crippen LogP contribution is -2.32. The zero-order valence-corrected chi connectivity index (χ0v) is 9.88. The molecule has 0 bridgehead atoms. The van der Waals surface area contributed by atoms with Crippen molar-refractivity contribution in [1.82, 2.24) is 10.2 Å². The van der Waals surface area contributed by atoms with Crippen molar-refractivity contribution in [1.29, 1.82) is 0 Å².